The standard InChI is InChI=1S/C13H14N6OS2/c1-7-4-9(3)19-11(14-7)17-13(18-19)22-6-10(20)16-12-15-8(2)5-21-12/h4-5H,6H2,1-3H3,(H,15,16,20). The summed E-state index contributed by atoms with van der Waals surface area (Å²) in [5.74, 6) is 0.656. The third-order valence-corrected chi connectivity index (χ3v) is 4.51. The monoisotopic (exact) mass is 334 g/mol. The van der Waals surface area contributed by atoms with Gasteiger partial charge in [0.05, 0.1) is 11.4 Å². The Labute approximate surface area is 135 Å². The maximum absolute atomic E-state index is 11.9. The molecular formula is C13H14N6OS2. The van der Waals surface area contributed by atoms with Crippen LogP contribution in [-0.2, 0) is 4.79 Å². The summed E-state index contributed by atoms with van der Waals surface area (Å²) >= 11 is 2.69. The lowest BCUT2D eigenvalue weighted by molar-refractivity contribution is -0.113. The van der Waals surface area contributed by atoms with E-state index in [2.05, 4.69) is 25.4 Å². The van der Waals surface area contributed by atoms with Gasteiger partial charge in [-0.2, -0.15) is 4.98 Å². The molecule has 0 spiro atoms. The number of thioether (sulfide) groups is 1. The lowest BCUT2D eigenvalue weighted by atomic mass is 10.4. The molecular weight excluding hydrogens is 320 g/mol. The predicted octanol–water partition coefficient (Wildman–Crippen LogP) is 2.24. The molecule has 0 radical (unpaired) electrons. The van der Waals surface area contributed by atoms with Crippen molar-refractivity contribution < 1.29 is 4.79 Å². The maximum atomic E-state index is 11.9. The zero-order valence-corrected chi connectivity index (χ0v) is 14.0. The predicted molar refractivity (Wildman–Crippen MR) is 86.5 cm³/mol. The second-order valence-corrected chi connectivity index (χ2v) is 6.58. The Bertz CT molecular complexity index is 840. The molecule has 0 aliphatic carbocycles. The number of nitrogens with zero attached hydrogens (tertiary/aromatic N) is 5. The van der Waals surface area contributed by atoms with Gasteiger partial charge in [-0.15, -0.1) is 16.4 Å². The summed E-state index contributed by atoms with van der Waals surface area (Å²) in [5.41, 5.74) is 2.75. The fraction of sp³-hybridized carbons (Fsp3) is 0.308. The second-order valence-electron chi connectivity index (χ2n) is 4.78. The van der Waals surface area contributed by atoms with Crippen LogP contribution in [0.3, 0.4) is 0 Å². The average molecular weight is 334 g/mol. The van der Waals surface area contributed by atoms with Gasteiger partial charge in [0.2, 0.25) is 11.1 Å². The van der Waals surface area contributed by atoms with Crippen LogP contribution in [-0.4, -0.2) is 36.2 Å². The van der Waals surface area contributed by atoms with Crippen molar-refractivity contribution in [3.05, 3.63) is 28.5 Å². The molecule has 22 heavy (non-hydrogen) atoms. The van der Waals surface area contributed by atoms with E-state index >= 15 is 0 Å². The van der Waals surface area contributed by atoms with Gasteiger partial charge in [0, 0.05) is 16.8 Å². The van der Waals surface area contributed by atoms with Gasteiger partial charge in [0.15, 0.2) is 5.13 Å². The number of rotatable bonds is 4. The summed E-state index contributed by atoms with van der Waals surface area (Å²) in [6.45, 7) is 5.75. The number of amides is 1. The normalized spacial score (nSPS) is 11.0. The Morgan fingerprint density at radius 2 is 2.09 bits per heavy atom. The van der Waals surface area contributed by atoms with Crippen molar-refractivity contribution in [3.63, 3.8) is 0 Å². The number of carbonyl (C=O) groups excluding carboxylic acids is 1. The zero-order valence-electron chi connectivity index (χ0n) is 12.3. The molecule has 3 rings (SSSR count). The fourth-order valence-corrected chi connectivity index (χ4v) is 3.23. The smallest absolute Gasteiger partial charge is 0.253 e. The van der Waals surface area contributed by atoms with Gasteiger partial charge in [-0.05, 0) is 26.8 Å². The van der Waals surface area contributed by atoms with Crippen LogP contribution in [0.5, 0.6) is 0 Å². The molecule has 0 bridgehead atoms. The number of anilines is 1. The topological polar surface area (TPSA) is 85.1 Å². The Hall–Kier alpha value is -2.00. The number of nitrogens with one attached hydrogen (secondary N) is 1. The van der Waals surface area contributed by atoms with Crippen molar-refractivity contribution in [1.29, 1.82) is 0 Å². The van der Waals surface area contributed by atoms with Crippen LogP contribution >= 0.6 is 23.1 Å². The number of hydrogen-bond acceptors (Lipinski definition) is 7. The van der Waals surface area contributed by atoms with Gasteiger partial charge in [0.1, 0.15) is 0 Å². The van der Waals surface area contributed by atoms with Crippen LogP contribution in [0.2, 0.25) is 0 Å². The summed E-state index contributed by atoms with van der Waals surface area (Å²) in [5, 5.41) is 10.1. The third kappa shape index (κ3) is 3.25. The SMILES string of the molecule is Cc1csc(NC(=O)CSc2nc3nc(C)cc(C)n3n2)n1. The molecule has 1 N–H and O–H groups in total. The molecule has 0 atom stereocenters. The van der Waals surface area contributed by atoms with Gasteiger partial charge in [-0.25, -0.2) is 14.5 Å². The van der Waals surface area contributed by atoms with E-state index in [1.54, 1.807) is 4.52 Å². The van der Waals surface area contributed by atoms with Crippen molar-refractivity contribution in [2.45, 2.75) is 25.9 Å². The molecule has 0 fully saturated rings. The van der Waals surface area contributed by atoms with E-state index in [1.165, 1.54) is 23.1 Å². The number of hydrogen-bond donors (Lipinski definition) is 1. The minimum absolute atomic E-state index is 0.126. The van der Waals surface area contributed by atoms with Crippen molar-refractivity contribution in [1.82, 2.24) is 24.6 Å². The Morgan fingerprint density at radius 3 is 2.82 bits per heavy atom. The third-order valence-electron chi connectivity index (χ3n) is 2.80. The van der Waals surface area contributed by atoms with Gasteiger partial charge >= 0.3 is 0 Å². The van der Waals surface area contributed by atoms with Gasteiger partial charge in [0.25, 0.3) is 5.78 Å². The van der Waals surface area contributed by atoms with E-state index in [1.807, 2.05) is 32.2 Å². The van der Waals surface area contributed by atoms with Gasteiger partial charge in [-0.3, -0.25) is 4.79 Å². The summed E-state index contributed by atoms with van der Waals surface area (Å²) in [6, 6.07) is 1.94. The molecule has 0 aromatic carbocycles. The van der Waals surface area contributed by atoms with E-state index in [-0.39, 0.29) is 11.7 Å². The first-order valence-electron chi connectivity index (χ1n) is 6.57. The number of aryl methyl sites for hydroxylation is 3. The van der Waals surface area contributed by atoms with E-state index in [9.17, 15) is 4.79 Å². The second kappa shape index (κ2) is 6.01. The van der Waals surface area contributed by atoms with Crippen LogP contribution in [0.1, 0.15) is 17.1 Å². The molecule has 1 amide bonds. The van der Waals surface area contributed by atoms with E-state index in [0.717, 1.165) is 17.1 Å². The van der Waals surface area contributed by atoms with E-state index < -0.39 is 0 Å². The Balaban J connectivity index is 1.66. The Kier molecular flexibility index (Phi) is 4.08. The minimum Gasteiger partial charge on any atom is -0.301 e. The summed E-state index contributed by atoms with van der Waals surface area (Å²) in [7, 11) is 0. The first-order chi connectivity index (χ1) is 10.5. The molecule has 3 heterocycles. The van der Waals surface area contributed by atoms with Crippen LogP contribution in [0, 0.1) is 20.8 Å². The molecule has 0 aliphatic heterocycles. The van der Waals surface area contributed by atoms with Crippen molar-refractivity contribution in [3.8, 4) is 0 Å². The van der Waals surface area contributed by atoms with Crippen molar-refractivity contribution >= 4 is 39.9 Å². The highest BCUT2D eigenvalue weighted by Gasteiger charge is 2.11. The quantitative estimate of drug-likeness (QED) is 0.737. The first-order valence-corrected chi connectivity index (χ1v) is 8.43. The fourth-order valence-electron chi connectivity index (χ4n) is 1.91. The highest BCUT2D eigenvalue weighted by Crippen LogP contribution is 2.18. The highest BCUT2D eigenvalue weighted by molar-refractivity contribution is 7.99. The summed E-state index contributed by atoms with van der Waals surface area (Å²) < 4.78 is 1.68. The molecule has 3 aromatic heterocycles. The van der Waals surface area contributed by atoms with Crippen molar-refractivity contribution in [2.24, 2.45) is 0 Å². The van der Waals surface area contributed by atoms with E-state index in [0.29, 0.717) is 16.1 Å². The molecule has 0 saturated carbocycles. The number of carbonyl (C=O) groups is 1. The average Bonchev–Trinajstić information content (AvgIpc) is 3.03. The Morgan fingerprint density at radius 1 is 1.27 bits per heavy atom. The lowest BCUT2D eigenvalue weighted by Crippen LogP contribution is -2.13. The first kappa shape index (κ1) is 14.9. The largest absolute Gasteiger partial charge is 0.301 e. The molecule has 3 aromatic rings. The van der Waals surface area contributed by atoms with Crippen LogP contribution in [0.25, 0.3) is 5.78 Å². The molecule has 114 valence electrons. The summed E-state index contributed by atoms with van der Waals surface area (Å²) in [4.78, 5) is 24.7. The van der Waals surface area contributed by atoms with E-state index in [4.69, 9.17) is 0 Å². The lowest BCUT2D eigenvalue weighted by Gasteiger charge is -1.99. The highest BCUT2D eigenvalue weighted by atomic mass is 32.2. The van der Waals surface area contributed by atoms with Crippen LogP contribution < -0.4 is 5.32 Å². The van der Waals surface area contributed by atoms with Crippen LogP contribution in [0.15, 0.2) is 16.6 Å². The van der Waals surface area contributed by atoms with Gasteiger partial charge in [-0.1, -0.05) is 11.8 Å². The number of aromatic nitrogens is 5. The zero-order chi connectivity index (χ0) is 15.7. The minimum atomic E-state index is -0.126. The molecule has 0 saturated heterocycles. The molecule has 0 unspecified atom stereocenters. The maximum Gasteiger partial charge on any atom is 0.253 e. The van der Waals surface area contributed by atoms with Gasteiger partial charge < -0.3 is 5.32 Å². The molecule has 0 aliphatic rings. The van der Waals surface area contributed by atoms with Crippen LogP contribution in [0.4, 0.5) is 5.13 Å². The number of fused-ring (bicyclic) bond motifs is 1. The summed E-state index contributed by atoms with van der Waals surface area (Å²) in [6.07, 6.45) is 0. The molecule has 7 nitrogen and oxygen atoms in total. The van der Waals surface area contributed by atoms with Crippen molar-refractivity contribution in [2.75, 3.05) is 11.1 Å². The number of thiazole rings is 1. The molecule has 9 heteroatoms.